The maximum absolute atomic E-state index is 12.3. The third kappa shape index (κ3) is 3.99. The van der Waals surface area contributed by atoms with Crippen molar-refractivity contribution in [2.24, 2.45) is 0 Å². The molecule has 0 aliphatic heterocycles. The predicted octanol–water partition coefficient (Wildman–Crippen LogP) is 4.74. The fourth-order valence-corrected chi connectivity index (χ4v) is 4.14. The summed E-state index contributed by atoms with van der Waals surface area (Å²) in [6.45, 7) is 1.99. The first-order valence-electron chi connectivity index (χ1n) is 9.55. The van der Waals surface area contributed by atoms with Crippen LogP contribution in [0.15, 0.2) is 72.1 Å². The molecule has 3 heterocycles. The summed E-state index contributed by atoms with van der Waals surface area (Å²) in [5.74, 6) is 0.137. The number of carbonyl (C=O) groups is 1. The van der Waals surface area contributed by atoms with E-state index in [2.05, 4.69) is 20.6 Å². The van der Waals surface area contributed by atoms with Crippen LogP contribution < -0.4 is 5.32 Å². The van der Waals surface area contributed by atoms with Gasteiger partial charge in [-0.2, -0.15) is 5.10 Å². The summed E-state index contributed by atoms with van der Waals surface area (Å²) in [6, 6.07) is 17.2. The number of fused-ring (bicyclic) bond motifs is 3. The second-order valence-electron chi connectivity index (χ2n) is 7.05. The van der Waals surface area contributed by atoms with Gasteiger partial charge in [-0.1, -0.05) is 47.6 Å². The third-order valence-electron chi connectivity index (χ3n) is 4.76. The number of amides is 1. The van der Waals surface area contributed by atoms with Crippen LogP contribution in [0.4, 0.5) is 5.69 Å². The fourth-order valence-electron chi connectivity index (χ4n) is 3.30. The van der Waals surface area contributed by atoms with Crippen LogP contribution in [-0.2, 0) is 4.79 Å². The van der Waals surface area contributed by atoms with Gasteiger partial charge in [0, 0.05) is 28.7 Å². The molecule has 0 unspecified atom stereocenters. The summed E-state index contributed by atoms with van der Waals surface area (Å²) in [6.07, 6.45) is 3.70. The molecule has 9 heteroatoms. The van der Waals surface area contributed by atoms with Crippen LogP contribution in [0, 0.1) is 6.92 Å². The molecular formula is C22H17ClN6OS. The lowest BCUT2D eigenvalue weighted by Crippen LogP contribution is -2.14. The molecule has 0 aliphatic carbocycles. The highest BCUT2D eigenvalue weighted by atomic mass is 35.5. The largest absolute Gasteiger partial charge is 0.325 e. The minimum absolute atomic E-state index is 0.0946. The Morgan fingerprint density at radius 3 is 2.74 bits per heavy atom. The van der Waals surface area contributed by atoms with Crippen molar-refractivity contribution >= 4 is 46.1 Å². The summed E-state index contributed by atoms with van der Waals surface area (Å²) >= 11 is 7.32. The fraction of sp³-hybridized carbons (Fsp3) is 0.0909. The predicted molar refractivity (Wildman–Crippen MR) is 123 cm³/mol. The molecule has 31 heavy (non-hydrogen) atoms. The van der Waals surface area contributed by atoms with Crippen LogP contribution in [0.25, 0.3) is 22.4 Å². The van der Waals surface area contributed by atoms with E-state index in [1.165, 1.54) is 11.8 Å². The van der Waals surface area contributed by atoms with E-state index in [0.717, 1.165) is 28.0 Å². The zero-order chi connectivity index (χ0) is 21.4. The second-order valence-corrected chi connectivity index (χ2v) is 8.43. The summed E-state index contributed by atoms with van der Waals surface area (Å²) in [5.41, 5.74) is 5.17. The highest BCUT2D eigenvalue weighted by molar-refractivity contribution is 7.99. The van der Waals surface area contributed by atoms with Crippen LogP contribution in [0.1, 0.15) is 5.56 Å². The van der Waals surface area contributed by atoms with Gasteiger partial charge in [-0.25, -0.2) is 4.52 Å². The topological polar surface area (TPSA) is 76.6 Å². The van der Waals surface area contributed by atoms with E-state index in [4.69, 9.17) is 11.6 Å². The van der Waals surface area contributed by atoms with Crippen LogP contribution in [0.3, 0.4) is 0 Å². The number of carbonyl (C=O) groups excluding carboxylic acids is 1. The molecule has 0 spiro atoms. The molecule has 7 nitrogen and oxygen atoms in total. The molecule has 1 amide bonds. The van der Waals surface area contributed by atoms with E-state index in [1.807, 2.05) is 78.3 Å². The quantitative estimate of drug-likeness (QED) is 0.393. The van der Waals surface area contributed by atoms with E-state index in [9.17, 15) is 4.79 Å². The first kappa shape index (κ1) is 19.6. The molecule has 0 aliphatic rings. The Morgan fingerprint density at radius 1 is 1.10 bits per heavy atom. The Kier molecular flexibility index (Phi) is 5.09. The van der Waals surface area contributed by atoms with Gasteiger partial charge >= 0.3 is 0 Å². The molecule has 0 bridgehead atoms. The minimum Gasteiger partial charge on any atom is -0.325 e. The lowest BCUT2D eigenvalue weighted by molar-refractivity contribution is -0.113. The molecule has 3 aromatic heterocycles. The zero-order valence-electron chi connectivity index (χ0n) is 16.5. The van der Waals surface area contributed by atoms with Crippen molar-refractivity contribution < 1.29 is 4.79 Å². The molecular weight excluding hydrogens is 432 g/mol. The number of rotatable bonds is 5. The van der Waals surface area contributed by atoms with Gasteiger partial charge in [0.2, 0.25) is 5.91 Å². The van der Waals surface area contributed by atoms with Crippen LogP contribution >= 0.6 is 23.4 Å². The maximum Gasteiger partial charge on any atom is 0.234 e. The minimum atomic E-state index is -0.0946. The SMILES string of the molecule is Cc1cccc(NC(=O)CSc2nnc3c4cc(-c5ccc(Cl)cc5)nn4ccn23)c1. The number of anilines is 1. The Balaban J connectivity index is 1.37. The number of hydrogen-bond donors (Lipinski definition) is 1. The average molecular weight is 449 g/mol. The Bertz CT molecular complexity index is 1410. The third-order valence-corrected chi connectivity index (χ3v) is 5.96. The van der Waals surface area contributed by atoms with Crippen molar-refractivity contribution in [2.45, 2.75) is 12.1 Å². The monoisotopic (exact) mass is 448 g/mol. The van der Waals surface area contributed by atoms with Crippen LogP contribution in [0.5, 0.6) is 0 Å². The van der Waals surface area contributed by atoms with Gasteiger partial charge in [0.1, 0.15) is 5.52 Å². The van der Waals surface area contributed by atoms with Crippen molar-refractivity contribution in [3.8, 4) is 11.3 Å². The highest BCUT2D eigenvalue weighted by Gasteiger charge is 2.14. The van der Waals surface area contributed by atoms with Gasteiger partial charge in [-0.15, -0.1) is 10.2 Å². The number of halogens is 1. The number of benzene rings is 2. The Morgan fingerprint density at radius 2 is 1.94 bits per heavy atom. The smallest absolute Gasteiger partial charge is 0.234 e. The Hall–Kier alpha value is -3.36. The number of aryl methyl sites for hydroxylation is 1. The van der Waals surface area contributed by atoms with E-state index < -0.39 is 0 Å². The summed E-state index contributed by atoms with van der Waals surface area (Å²) in [5, 5.41) is 17.4. The molecule has 154 valence electrons. The lowest BCUT2D eigenvalue weighted by Gasteiger charge is -2.05. The maximum atomic E-state index is 12.3. The van der Waals surface area contributed by atoms with Crippen molar-refractivity contribution in [1.29, 1.82) is 0 Å². The van der Waals surface area contributed by atoms with Crippen molar-refractivity contribution in [1.82, 2.24) is 24.2 Å². The first-order chi connectivity index (χ1) is 15.1. The number of aromatic nitrogens is 5. The summed E-state index contributed by atoms with van der Waals surface area (Å²) < 4.78 is 3.64. The molecule has 1 N–H and O–H groups in total. The molecule has 2 aromatic carbocycles. The molecule has 0 atom stereocenters. The van der Waals surface area contributed by atoms with Crippen LogP contribution in [-0.4, -0.2) is 35.9 Å². The summed E-state index contributed by atoms with van der Waals surface area (Å²) in [7, 11) is 0. The molecule has 0 fully saturated rings. The van der Waals surface area contributed by atoms with Gasteiger partial charge in [-0.3, -0.25) is 9.20 Å². The average Bonchev–Trinajstić information content (AvgIpc) is 3.36. The van der Waals surface area contributed by atoms with Crippen molar-refractivity contribution in [3.63, 3.8) is 0 Å². The van der Waals surface area contributed by atoms with Gasteiger partial charge in [0.05, 0.1) is 11.4 Å². The van der Waals surface area contributed by atoms with Crippen LogP contribution in [0.2, 0.25) is 5.02 Å². The standard InChI is InChI=1S/C22H17ClN6OS/c1-14-3-2-4-17(11-14)24-20(30)13-31-22-26-25-21-19-12-18(15-5-7-16(23)8-6-15)27-29(19)10-9-28(21)22/h2-12H,13H2,1H3,(H,24,30). The van der Waals surface area contributed by atoms with Gasteiger partial charge in [0.25, 0.3) is 0 Å². The zero-order valence-corrected chi connectivity index (χ0v) is 18.1. The van der Waals surface area contributed by atoms with Crippen molar-refractivity contribution in [2.75, 3.05) is 11.1 Å². The number of thioether (sulfide) groups is 1. The molecule has 0 saturated heterocycles. The molecule has 5 aromatic rings. The Labute approximate surface area is 187 Å². The normalized spacial score (nSPS) is 11.3. The molecule has 5 rings (SSSR count). The molecule has 0 saturated carbocycles. The van der Waals surface area contributed by atoms with Crippen molar-refractivity contribution in [3.05, 3.63) is 77.6 Å². The van der Waals surface area contributed by atoms with E-state index in [1.54, 1.807) is 4.52 Å². The number of hydrogen-bond acceptors (Lipinski definition) is 5. The first-order valence-corrected chi connectivity index (χ1v) is 10.9. The van der Waals surface area contributed by atoms with E-state index in [-0.39, 0.29) is 11.7 Å². The lowest BCUT2D eigenvalue weighted by atomic mass is 10.1. The van der Waals surface area contributed by atoms with Gasteiger partial charge in [-0.05, 0) is 42.8 Å². The highest BCUT2D eigenvalue weighted by Crippen LogP contribution is 2.25. The molecule has 0 radical (unpaired) electrons. The summed E-state index contributed by atoms with van der Waals surface area (Å²) in [4.78, 5) is 12.3. The number of nitrogens with zero attached hydrogens (tertiary/aromatic N) is 5. The van der Waals surface area contributed by atoms with E-state index in [0.29, 0.717) is 15.8 Å². The van der Waals surface area contributed by atoms with E-state index >= 15 is 0 Å². The van der Waals surface area contributed by atoms with Gasteiger partial charge < -0.3 is 5.32 Å². The number of nitrogens with one attached hydrogen (secondary N) is 1. The van der Waals surface area contributed by atoms with Gasteiger partial charge in [0.15, 0.2) is 10.8 Å². The second kappa shape index (κ2) is 8.05.